The van der Waals surface area contributed by atoms with Gasteiger partial charge in [-0.2, -0.15) is 0 Å². The van der Waals surface area contributed by atoms with Crippen molar-refractivity contribution in [1.29, 1.82) is 5.41 Å². The molecule has 2 aromatic rings. The van der Waals surface area contributed by atoms with Crippen LogP contribution < -0.4 is 4.80 Å². The Morgan fingerprint density at radius 2 is 1.88 bits per heavy atom. The summed E-state index contributed by atoms with van der Waals surface area (Å²) in [5.41, 5.74) is 2.37. The lowest BCUT2D eigenvalue weighted by atomic mass is 9.66. The minimum Gasteiger partial charge on any atom is -0.313 e. The Morgan fingerprint density at radius 1 is 1.16 bits per heavy atom. The zero-order valence-electron chi connectivity index (χ0n) is 14.3. The van der Waals surface area contributed by atoms with Crippen LogP contribution in [0.1, 0.15) is 59.5 Å². The molecule has 0 bridgehead atoms. The highest BCUT2D eigenvalue weighted by atomic mass is 35.5. The van der Waals surface area contributed by atoms with Crippen LogP contribution in [0.5, 0.6) is 0 Å². The molecule has 1 spiro atoms. The second-order valence-electron chi connectivity index (χ2n) is 7.53. The summed E-state index contributed by atoms with van der Waals surface area (Å²) >= 11 is 7.49. The molecule has 0 amide bonds. The maximum Gasteiger partial charge on any atom is 0.182 e. The molecule has 4 rings (SSSR count). The zero-order chi connectivity index (χ0) is 17.4. The highest BCUT2D eigenvalue weighted by Crippen LogP contribution is 2.46. The second-order valence-corrected chi connectivity index (χ2v) is 9.05. The van der Waals surface area contributed by atoms with Gasteiger partial charge >= 0.3 is 0 Å². The number of fused-ring (bicyclic) bond motifs is 1. The van der Waals surface area contributed by atoms with E-state index in [1.807, 2.05) is 4.57 Å². The first-order chi connectivity index (χ1) is 12.1. The maximum atomic E-state index is 12.6. The van der Waals surface area contributed by atoms with Crippen molar-refractivity contribution >= 4 is 28.7 Å². The fourth-order valence-electron chi connectivity index (χ4n) is 4.50. The van der Waals surface area contributed by atoms with Crippen molar-refractivity contribution < 1.29 is 4.79 Å². The number of rotatable bonds is 3. The molecule has 132 valence electrons. The van der Waals surface area contributed by atoms with Crippen LogP contribution in [0.4, 0.5) is 0 Å². The van der Waals surface area contributed by atoms with Gasteiger partial charge in [0.2, 0.25) is 0 Å². The van der Waals surface area contributed by atoms with Crippen LogP contribution in [0, 0.1) is 10.8 Å². The molecule has 0 saturated heterocycles. The fourth-order valence-corrected chi connectivity index (χ4v) is 5.85. The Balaban J connectivity index is 1.57. The predicted octanol–water partition coefficient (Wildman–Crippen LogP) is 5.00. The number of nitrogens with zero attached hydrogens (tertiary/aromatic N) is 1. The lowest BCUT2D eigenvalue weighted by Gasteiger charge is -2.40. The van der Waals surface area contributed by atoms with Gasteiger partial charge in [-0.1, -0.05) is 30.9 Å². The minimum atomic E-state index is 0.0497. The van der Waals surface area contributed by atoms with Crippen LogP contribution in [0.25, 0.3) is 0 Å². The zero-order valence-corrected chi connectivity index (χ0v) is 15.9. The van der Waals surface area contributed by atoms with E-state index < -0.39 is 0 Å². The topological polar surface area (TPSA) is 45.9 Å². The molecule has 0 unspecified atom stereocenters. The molecule has 2 aliphatic carbocycles. The molecule has 1 fully saturated rings. The summed E-state index contributed by atoms with van der Waals surface area (Å²) in [6.07, 6.45) is 10.1. The Bertz CT molecular complexity index is 844. The van der Waals surface area contributed by atoms with E-state index in [-0.39, 0.29) is 12.3 Å². The molecule has 0 radical (unpaired) electrons. The Labute approximate surface area is 157 Å². The van der Waals surface area contributed by atoms with Crippen molar-refractivity contribution in [3.8, 4) is 0 Å². The first kappa shape index (κ1) is 17.0. The monoisotopic (exact) mass is 374 g/mol. The SMILES string of the molecule is N=c1sc2c(n1CC(=O)c1ccc(Cl)cc1)CCC1(CCCCC1)C2. The molecule has 1 aromatic heterocycles. The summed E-state index contributed by atoms with van der Waals surface area (Å²) in [5, 5.41) is 9.00. The Hall–Kier alpha value is -1.39. The van der Waals surface area contributed by atoms with Crippen molar-refractivity contribution in [1.82, 2.24) is 4.57 Å². The smallest absolute Gasteiger partial charge is 0.182 e. The quantitative estimate of drug-likeness (QED) is 0.754. The van der Waals surface area contributed by atoms with Gasteiger partial charge in [0, 0.05) is 21.2 Å². The first-order valence-electron chi connectivity index (χ1n) is 9.11. The summed E-state index contributed by atoms with van der Waals surface area (Å²) in [5.74, 6) is 0.0497. The number of benzene rings is 1. The maximum absolute atomic E-state index is 12.6. The predicted molar refractivity (Wildman–Crippen MR) is 101 cm³/mol. The molecule has 1 N–H and O–H groups in total. The number of halogens is 1. The molecule has 1 heterocycles. The van der Waals surface area contributed by atoms with Gasteiger partial charge in [0.1, 0.15) is 0 Å². The van der Waals surface area contributed by atoms with Crippen LogP contribution in [-0.4, -0.2) is 10.4 Å². The van der Waals surface area contributed by atoms with Gasteiger partial charge in [-0.3, -0.25) is 10.2 Å². The van der Waals surface area contributed by atoms with E-state index in [4.69, 9.17) is 17.0 Å². The number of aromatic nitrogens is 1. The molecule has 0 atom stereocenters. The van der Waals surface area contributed by atoms with Gasteiger partial charge in [-0.15, -0.1) is 11.3 Å². The van der Waals surface area contributed by atoms with Crippen LogP contribution in [0.3, 0.4) is 0 Å². The summed E-state index contributed by atoms with van der Waals surface area (Å²) < 4.78 is 1.94. The highest BCUT2D eigenvalue weighted by Gasteiger charge is 2.37. The van der Waals surface area contributed by atoms with Crippen LogP contribution >= 0.6 is 22.9 Å². The Kier molecular flexibility index (Phi) is 4.59. The number of ketones is 1. The average molecular weight is 375 g/mol. The molecular weight excluding hydrogens is 352 g/mol. The summed E-state index contributed by atoms with van der Waals surface area (Å²) in [6, 6.07) is 7.03. The third-order valence-electron chi connectivity index (χ3n) is 5.92. The first-order valence-corrected chi connectivity index (χ1v) is 10.3. The highest BCUT2D eigenvalue weighted by molar-refractivity contribution is 7.09. The summed E-state index contributed by atoms with van der Waals surface area (Å²) in [4.78, 5) is 14.5. The lowest BCUT2D eigenvalue weighted by molar-refractivity contribution is 0.0968. The molecule has 2 aliphatic rings. The van der Waals surface area contributed by atoms with Gasteiger partial charge in [0.25, 0.3) is 0 Å². The van der Waals surface area contributed by atoms with Gasteiger partial charge in [-0.25, -0.2) is 0 Å². The van der Waals surface area contributed by atoms with Crippen molar-refractivity contribution in [2.45, 2.75) is 57.9 Å². The van der Waals surface area contributed by atoms with Gasteiger partial charge in [0.15, 0.2) is 10.6 Å². The average Bonchev–Trinajstić information content (AvgIpc) is 2.90. The molecule has 1 saturated carbocycles. The Morgan fingerprint density at radius 3 is 2.60 bits per heavy atom. The van der Waals surface area contributed by atoms with Crippen molar-refractivity contribution in [3.05, 3.63) is 50.2 Å². The van der Waals surface area contributed by atoms with Gasteiger partial charge < -0.3 is 4.57 Å². The lowest BCUT2D eigenvalue weighted by Crippen LogP contribution is -2.32. The normalized spacial score (nSPS) is 18.9. The molecule has 25 heavy (non-hydrogen) atoms. The number of thiazole rings is 1. The summed E-state index contributed by atoms with van der Waals surface area (Å²) in [7, 11) is 0. The van der Waals surface area contributed by atoms with E-state index in [0.29, 0.717) is 20.8 Å². The van der Waals surface area contributed by atoms with Crippen molar-refractivity contribution in [2.24, 2.45) is 5.41 Å². The van der Waals surface area contributed by atoms with Crippen molar-refractivity contribution in [3.63, 3.8) is 0 Å². The number of hydrogen-bond donors (Lipinski definition) is 1. The molecule has 3 nitrogen and oxygen atoms in total. The standard InChI is InChI=1S/C20H23ClN2OS/c21-15-6-4-14(5-7-15)17(24)13-23-16-8-11-20(9-2-1-3-10-20)12-18(16)25-19(23)22/h4-7,22H,1-3,8-13H2. The molecule has 1 aromatic carbocycles. The largest absolute Gasteiger partial charge is 0.313 e. The van der Waals surface area contributed by atoms with Crippen LogP contribution in [0.15, 0.2) is 24.3 Å². The second kappa shape index (κ2) is 6.73. The molecule has 0 aliphatic heterocycles. The summed E-state index contributed by atoms with van der Waals surface area (Å²) in [6.45, 7) is 0.263. The van der Waals surface area contributed by atoms with E-state index in [1.54, 1.807) is 35.6 Å². The van der Waals surface area contributed by atoms with Gasteiger partial charge in [0.05, 0.1) is 6.54 Å². The molecule has 5 heteroatoms. The third-order valence-corrected chi connectivity index (χ3v) is 7.21. The number of nitrogens with one attached hydrogen (secondary N) is 1. The fraction of sp³-hybridized carbons (Fsp3) is 0.500. The number of Topliss-reactive ketones (excluding diaryl/α,β-unsaturated/α-hetero) is 1. The van der Waals surface area contributed by atoms with E-state index >= 15 is 0 Å². The van der Waals surface area contributed by atoms with Gasteiger partial charge in [-0.05, 0) is 61.8 Å². The molecular formula is C20H23ClN2OS. The van der Waals surface area contributed by atoms with E-state index in [1.165, 1.54) is 49.1 Å². The number of hydrogen-bond acceptors (Lipinski definition) is 3. The van der Waals surface area contributed by atoms with Crippen molar-refractivity contribution in [2.75, 3.05) is 0 Å². The minimum absolute atomic E-state index is 0.0497. The van der Waals surface area contributed by atoms with E-state index in [9.17, 15) is 4.79 Å². The third kappa shape index (κ3) is 3.34. The van der Waals surface area contributed by atoms with E-state index in [0.717, 1.165) is 12.8 Å². The van der Waals surface area contributed by atoms with Crippen LogP contribution in [0.2, 0.25) is 5.02 Å². The number of carbonyl (C=O) groups is 1. The van der Waals surface area contributed by atoms with E-state index in [2.05, 4.69) is 0 Å². The number of carbonyl (C=O) groups excluding carboxylic acids is 1. The van der Waals surface area contributed by atoms with Crippen LogP contribution in [-0.2, 0) is 19.4 Å².